The molecule has 1 aliphatic carbocycles. The van der Waals surface area contributed by atoms with Crippen LogP contribution in [0.2, 0.25) is 0 Å². The summed E-state index contributed by atoms with van der Waals surface area (Å²) in [5.74, 6) is 1.29. The first-order chi connectivity index (χ1) is 14.2. The van der Waals surface area contributed by atoms with Gasteiger partial charge in [0.25, 0.3) is 11.8 Å². The molecule has 1 aromatic carbocycles. The van der Waals surface area contributed by atoms with Gasteiger partial charge in [0.1, 0.15) is 5.54 Å². The van der Waals surface area contributed by atoms with Gasteiger partial charge in [0, 0.05) is 30.5 Å². The van der Waals surface area contributed by atoms with E-state index in [9.17, 15) is 4.79 Å². The molecular weight excluding hydrogens is 370 g/mol. The predicted molar refractivity (Wildman–Crippen MR) is 106 cm³/mol. The Morgan fingerprint density at radius 3 is 3.00 bits per heavy atom. The normalized spacial score (nSPS) is 16.9. The molecule has 9 heteroatoms. The maximum absolute atomic E-state index is 12.2. The van der Waals surface area contributed by atoms with Crippen LogP contribution in [0.15, 0.2) is 47.1 Å². The Morgan fingerprint density at radius 1 is 1.28 bits per heavy atom. The molecule has 0 radical (unpaired) electrons. The van der Waals surface area contributed by atoms with E-state index in [0.29, 0.717) is 30.8 Å². The lowest BCUT2D eigenvalue weighted by Crippen LogP contribution is -2.57. The minimum absolute atomic E-state index is 0.0522. The van der Waals surface area contributed by atoms with Gasteiger partial charge < -0.3 is 24.8 Å². The topological polar surface area (TPSA) is 101 Å². The molecule has 0 bridgehead atoms. The van der Waals surface area contributed by atoms with Gasteiger partial charge in [0.2, 0.25) is 5.91 Å². The lowest BCUT2D eigenvalue weighted by molar-refractivity contribution is -0.124. The molecule has 9 nitrogen and oxygen atoms in total. The molecule has 1 spiro atoms. The number of anilines is 3. The summed E-state index contributed by atoms with van der Waals surface area (Å²) in [7, 11) is 0. The molecule has 2 aliphatic rings. The number of hydrogen-bond acceptors (Lipinski definition) is 7. The number of aromatic nitrogens is 3. The Kier molecular flexibility index (Phi) is 3.91. The molecule has 3 heterocycles. The summed E-state index contributed by atoms with van der Waals surface area (Å²) in [6.07, 6.45) is 4.85. The largest absolute Gasteiger partial charge is 0.423 e. The van der Waals surface area contributed by atoms with Crippen molar-refractivity contribution in [3.05, 3.63) is 54.1 Å². The van der Waals surface area contributed by atoms with Gasteiger partial charge in [-0.3, -0.25) is 4.79 Å². The van der Waals surface area contributed by atoms with Gasteiger partial charge in [-0.05, 0) is 31.0 Å². The third kappa shape index (κ3) is 3.04. The first-order valence-electron chi connectivity index (χ1n) is 9.28. The van der Waals surface area contributed by atoms with Crippen LogP contribution < -0.4 is 15.5 Å². The number of nitrogens with one attached hydrogen (secondary N) is 2. The number of benzene rings is 1. The number of nitrogens with zero attached hydrogens (tertiary/aromatic N) is 5. The number of piperazine rings is 1. The second kappa shape index (κ2) is 6.60. The summed E-state index contributed by atoms with van der Waals surface area (Å²) < 4.78 is 6.01. The van der Waals surface area contributed by atoms with E-state index < -0.39 is 5.54 Å². The van der Waals surface area contributed by atoms with Gasteiger partial charge in [-0.25, -0.2) is 9.97 Å². The summed E-state index contributed by atoms with van der Waals surface area (Å²) in [4.78, 5) is 30.2. The Labute approximate surface area is 166 Å². The van der Waals surface area contributed by atoms with Gasteiger partial charge in [-0.1, -0.05) is 23.7 Å². The highest BCUT2D eigenvalue weighted by molar-refractivity contribution is 5.93. The van der Waals surface area contributed by atoms with E-state index in [2.05, 4.69) is 30.4 Å². The maximum Gasteiger partial charge on any atom is 0.323 e. The first-order valence-corrected chi connectivity index (χ1v) is 9.28. The molecule has 1 saturated heterocycles. The molecule has 1 amide bonds. The van der Waals surface area contributed by atoms with Crippen molar-refractivity contribution in [3.8, 4) is 11.3 Å². The highest BCUT2D eigenvalue weighted by Gasteiger charge is 2.57. The zero-order valence-electron chi connectivity index (χ0n) is 15.4. The van der Waals surface area contributed by atoms with E-state index in [1.807, 2.05) is 29.2 Å². The van der Waals surface area contributed by atoms with Crippen molar-refractivity contribution >= 4 is 29.4 Å². The van der Waals surface area contributed by atoms with E-state index in [1.54, 1.807) is 12.3 Å². The second-order valence-electron chi connectivity index (χ2n) is 7.00. The van der Waals surface area contributed by atoms with Gasteiger partial charge in [0.15, 0.2) is 5.76 Å². The molecule has 5 rings (SSSR count). The minimum atomic E-state index is -0.491. The van der Waals surface area contributed by atoms with Crippen LogP contribution in [-0.4, -0.2) is 39.5 Å². The molecule has 3 aromatic rings. The quantitative estimate of drug-likeness (QED) is 0.664. The third-order valence-electron chi connectivity index (χ3n) is 5.17. The van der Waals surface area contributed by atoms with Crippen LogP contribution >= 0.6 is 0 Å². The fourth-order valence-corrected chi connectivity index (χ4v) is 3.55. The first kappa shape index (κ1) is 17.2. The molecule has 1 saturated carbocycles. The van der Waals surface area contributed by atoms with Gasteiger partial charge in [-0.15, -0.1) is 0 Å². The average molecular weight is 387 g/mol. The minimum Gasteiger partial charge on any atom is -0.423 e. The highest BCUT2D eigenvalue weighted by atomic mass is 16.4. The number of carbonyl (C=O) groups excluding carboxylic acids is 1. The predicted octanol–water partition coefficient (Wildman–Crippen LogP) is 2.89. The number of amides is 1. The van der Waals surface area contributed by atoms with Crippen molar-refractivity contribution in [2.75, 3.05) is 23.3 Å². The van der Waals surface area contributed by atoms with E-state index in [4.69, 9.17) is 11.0 Å². The van der Waals surface area contributed by atoms with Crippen LogP contribution in [0, 0.1) is 6.57 Å². The molecule has 2 fully saturated rings. The van der Waals surface area contributed by atoms with Crippen LogP contribution in [-0.2, 0) is 4.79 Å². The molecule has 1 aliphatic heterocycles. The molecule has 144 valence electrons. The Balaban J connectivity index is 1.39. The number of carbonyl (C=O) groups is 1. The molecular formula is C20H17N7O2. The highest BCUT2D eigenvalue weighted by Crippen LogP contribution is 2.45. The Hall–Kier alpha value is -3.93. The summed E-state index contributed by atoms with van der Waals surface area (Å²) >= 11 is 0. The van der Waals surface area contributed by atoms with E-state index in [1.165, 1.54) is 6.20 Å². The summed E-state index contributed by atoms with van der Waals surface area (Å²) in [6.45, 7) is 8.32. The number of hydrogen-bond donors (Lipinski definition) is 2. The van der Waals surface area contributed by atoms with E-state index in [-0.39, 0.29) is 11.7 Å². The van der Waals surface area contributed by atoms with Crippen LogP contribution in [0.5, 0.6) is 0 Å². The van der Waals surface area contributed by atoms with Crippen LogP contribution in [0.1, 0.15) is 12.8 Å². The monoisotopic (exact) mass is 387 g/mol. The van der Waals surface area contributed by atoms with Crippen molar-refractivity contribution in [2.45, 2.75) is 18.4 Å². The van der Waals surface area contributed by atoms with Crippen molar-refractivity contribution in [1.29, 1.82) is 0 Å². The van der Waals surface area contributed by atoms with Crippen molar-refractivity contribution < 1.29 is 9.21 Å². The Morgan fingerprint density at radius 2 is 2.17 bits per heavy atom. The third-order valence-corrected chi connectivity index (χ3v) is 5.17. The lowest BCUT2D eigenvalue weighted by atomic mass is 10.1. The van der Waals surface area contributed by atoms with E-state index in [0.717, 1.165) is 24.1 Å². The van der Waals surface area contributed by atoms with Crippen LogP contribution in [0.25, 0.3) is 16.2 Å². The smallest absolute Gasteiger partial charge is 0.323 e. The van der Waals surface area contributed by atoms with Crippen LogP contribution in [0.3, 0.4) is 0 Å². The van der Waals surface area contributed by atoms with Crippen molar-refractivity contribution in [1.82, 2.24) is 20.3 Å². The molecule has 29 heavy (non-hydrogen) atoms. The van der Waals surface area contributed by atoms with Gasteiger partial charge >= 0.3 is 5.95 Å². The van der Waals surface area contributed by atoms with Gasteiger partial charge in [-0.2, -0.15) is 0 Å². The molecule has 2 aromatic heterocycles. The van der Waals surface area contributed by atoms with Crippen molar-refractivity contribution in [2.24, 2.45) is 0 Å². The van der Waals surface area contributed by atoms with Crippen molar-refractivity contribution in [3.63, 3.8) is 0 Å². The summed E-state index contributed by atoms with van der Waals surface area (Å²) in [5.41, 5.74) is 1.11. The molecule has 2 N–H and O–H groups in total. The number of oxazole rings is 1. The molecule has 0 unspecified atom stereocenters. The molecule has 0 atom stereocenters. The zero-order valence-corrected chi connectivity index (χ0v) is 15.4. The maximum atomic E-state index is 12.2. The Bertz CT molecular complexity index is 1130. The average Bonchev–Trinajstić information content (AvgIpc) is 3.38. The zero-order chi connectivity index (χ0) is 19.8. The summed E-state index contributed by atoms with van der Waals surface area (Å²) in [5, 5.41) is 6.02. The summed E-state index contributed by atoms with van der Waals surface area (Å²) in [6, 6.07) is 9.60. The second-order valence-corrected chi connectivity index (χ2v) is 7.00. The lowest BCUT2D eigenvalue weighted by Gasteiger charge is -2.34. The van der Waals surface area contributed by atoms with E-state index >= 15 is 0 Å². The standard InChI is InChI=1S/C20H17N7O2/c1-21-16-5-8-23-18(26-16)25-14-4-2-3-13(11-14)15-12-24-19(29-15)27-10-9-22-17(28)20(27)6-7-20/h2-5,8,11-12H,6-7,9-10H2,(H,22,28)(H,23,25,26). The fourth-order valence-electron chi connectivity index (χ4n) is 3.55. The number of rotatable bonds is 4. The van der Waals surface area contributed by atoms with Crippen LogP contribution in [0.4, 0.5) is 23.5 Å². The SMILES string of the molecule is [C-]#[N+]c1ccnc(Nc2cccc(-c3cnc(N4CCNC(=O)C45CC5)o3)c2)n1. The fraction of sp³-hybridized carbons (Fsp3) is 0.250. The van der Waals surface area contributed by atoms with Gasteiger partial charge in [0.05, 0.1) is 6.20 Å².